The molecule has 126 valence electrons. The highest BCUT2D eigenvalue weighted by Crippen LogP contribution is 2.42. The fourth-order valence-electron chi connectivity index (χ4n) is 3.61. The van der Waals surface area contributed by atoms with Crippen LogP contribution in [0, 0.1) is 5.92 Å². The van der Waals surface area contributed by atoms with Gasteiger partial charge in [0, 0.05) is 11.1 Å². The van der Waals surface area contributed by atoms with Gasteiger partial charge < -0.3 is 0 Å². The van der Waals surface area contributed by atoms with E-state index in [1.807, 2.05) is 11.8 Å². The molecule has 0 saturated carbocycles. The minimum atomic E-state index is 0.643. The van der Waals surface area contributed by atoms with E-state index < -0.39 is 0 Å². The van der Waals surface area contributed by atoms with Crippen molar-refractivity contribution in [1.29, 1.82) is 0 Å². The molecule has 1 aliphatic rings. The van der Waals surface area contributed by atoms with E-state index in [2.05, 4.69) is 30.7 Å². The summed E-state index contributed by atoms with van der Waals surface area (Å²) in [6.45, 7) is 6.77. The predicted octanol–water partition coefficient (Wildman–Crippen LogP) is 5.43. The van der Waals surface area contributed by atoms with Crippen LogP contribution in [-0.2, 0) is 19.3 Å². The van der Waals surface area contributed by atoms with Gasteiger partial charge in [-0.25, -0.2) is 15.0 Å². The van der Waals surface area contributed by atoms with Gasteiger partial charge in [-0.3, -0.25) is 0 Å². The van der Waals surface area contributed by atoms with Gasteiger partial charge in [0.25, 0.3) is 0 Å². The van der Waals surface area contributed by atoms with Crippen molar-refractivity contribution in [3.8, 4) is 0 Å². The third-order valence-electron chi connectivity index (χ3n) is 4.57. The summed E-state index contributed by atoms with van der Waals surface area (Å²) in [6.07, 6.45) is 7.58. The molecular formula is C19H23N3S2. The summed E-state index contributed by atoms with van der Waals surface area (Å²) in [7, 11) is 0. The van der Waals surface area contributed by atoms with Crippen LogP contribution in [0.25, 0.3) is 20.4 Å². The second kappa shape index (κ2) is 6.60. The maximum atomic E-state index is 5.09. The van der Waals surface area contributed by atoms with E-state index in [-0.39, 0.29) is 0 Å². The number of nitrogens with zero attached hydrogens (tertiary/aromatic N) is 3. The number of thioether (sulfide) groups is 1. The first-order valence-corrected chi connectivity index (χ1v) is 10.7. The van der Waals surface area contributed by atoms with Gasteiger partial charge in [0.05, 0.1) is 10.2 Å². The second-order valence-corrected chi connectivity index (χ2v) is 9.04. The van der Waals surface area contributed by atoms with E-state index in [4.69, 9.17) is 4.98 Å². The van der Waals surface area contributed by atoms with Gasteiger partial charge in [-0.15, -0.1) is 23.1 Å². The second-order valence-electron chi connectivity index (χ2n) is 6.95. The van der Waals surface area contributed by atoms with Crippen molar-refractivity contribution in [3.05, 3.63) is 23.1 Å². The van der Waals surface area contributed by atoms with Crippen molar-refractivity contribution in [3.63, 3.8) is 0 Å². The van der Waals surface area contributed by atoms with Gasteiger partial charge in [-0.05, 0) is 54.9 Å². The van der Waals surface area contributed by atoms with Crippen LogP contribution in [-0.4, -0.2) is 20.7 Å². The van der Waals surface area contributed by atoms with Gasteiger partial charge in [-0.1, -0.05) is 20.8 Å². The Morgan fingerprint density at radius 3 is 2.83 bits per heavy atom. The first-order chi connectivity index (χ1) is 11.7. The molecule has 0 spiro atoms. The summed E-state index contributed by atoms with van der Waals surface area (Å²) in [5.74, 6) is 1.74. The summed E-state index contributed by atoms with van der Waals surface area (Å²) >= 11 is 3.63. The van der Waals surface area contributed by atoms with Crippen LogP contribution < -0.4 is 0 Å². The SMILES string of the molecule is CCCSc1ncnc2c1sc1nc(CC(C)C)c3c(c12)CCC3. The Kier molecular flexibility index (Phi) is 4.48. The lowest BCUT2D eigenvalue weighted by Crippen LogP contribution is -2.03. The lowest BCUT2D eigenvalue weighted by atomic mass is 9.99. The monoisotopic (exact) mass is 357 g/mol. The lowest BCUT2D eigenvalue weighted by Gasteiger charge is -2.11. The van der Waals surface area contributed by atoms with Crippen LogP contribution in [0.3, 0.4) is 0 Å². The van der Waals surface area contributed by atoms with Crippen LogP contribution in [0.15, 0.2) is 11.4 Å². The maximum absolute atomic E-state index is 5.09. The van der Waals surface area contributed by atoms with Crippen LogP contribution in [0.1, 0.15) is 50.4 Å². The molecule has 0 saturated heterocycles. The van der Waals surface area contributed by atoms with Gasteiger partial charge in [0.2, 0.25) is 0 Å². The molecule has 0 atom stereocenters. The zero-order chi connectivity index (χ0) is 16.7. The summed E-state index contributed by atoms with van der Waals surface area (Å²) in [6, 6.07) is 0. The molecular weight excluding hydrogens is 334 g/mol. The van der Waals surface area contributed by atoms with Crippen molar-refractivity contribution in [2.75, 3.05) is 5.75 Å². The Labute approximate surface area is 151 Å². The standard InChI is InChI=1S/C19H23N3S2/c1-4-8-23-19-17-16(20-10-21-19)15-13-7-5-6-12(13)14(9-11(2)3)22-18(15)24-17/h10-11H,4-9H2,1-3H3. The molecule has 0 radical (unpaired) electrons. The van der Waals surface area contributed by atoms with Crippen molar-refractivity contribution in [2.24, 2.45) is 5.92 Å². The number of thiophene rings is 1. The van der Waals surface area contributed by atoms with Crippen molar-refractivity contribution >= 4 is 43.5 Å². The van der Waals surface area contributed by atoms with Gasteiger partial charge >= 0.3 is 0 Å². The van der Waals surface area contributed by atoms with Crippen LogP contribution >= 0.6 is 23.1 Å². The molecule has 0 amide bonds. The van der Waals surface area contributed by atoms with Crippen LogP contribution in [0.2, 0.25) is 0 Å². The minimum absolute atomic E-state index is 0.643. The lowest BCUT2D eigenvalue weighted by molar-refractivity contribution is 0.632. The topological polar surface area (TPSA) is 38.7 Å². The molecule has 0 aliphatic heterocycles. The third-order valence-corrected chi connectivity index (χ3v) is 6.97. The normalized spacial score (nSPS) is 14.2. The number of fused-ring (bicyclic) bond motifs is 5. The Balaban J connectivity index is 1.96. The molecule has 3 aromatic rings. The summed E-state index contributed by atoms with van der Waals surface area (Å²) in [4.78, 5) is 15.4. The maximum Gasteiger partial charge on any atom is 0.126 e. The van der Waals surface area contributed by atoms with Crippen molar-refractivity contribution < 1.29 is 0 Å². The molecule has 4 rings (SSSR count). The largest absolute Gasteiger partial charge is 0.242 e. The number of aryl methyl sites for hydroxylation is 1. The molecule has 3 aromatic heterocycles. The zero-order valence-electron chi connectivity index (χ0n) is 14.6. The summed E-state index contributed by atoms with van der Waals surface area (Å²) < 4.78 is 1.23. The zero-order valence-corrected chi connectivity index (χ0v) is 16.2. The predicted molar refractivity (Wildman–Crippen MR) is 104 cm³/mol. The fourth-order valence-corrected chi connectivity index (χ4v) is 5.72. The molecule has 0 bridgehead atoms. The van der Waals surface area contributed by atoms with E-state index >= 15 is 0 Å². The molecule has 1 aliphatic carbocycles. The highest BCUT2D eigenvalue weighted by Gasteiger charge is 2.24. The van der Waals surface area contributed by atoms with Gasteiger partial charge in [0.15, 0.2) is 0 Å². The first-order valence-electron chi connectivity index (χ1n) is 8.89. The number of pyridine rings is 1. The van der Waals surface area contributed by atoms with Crippen LogP contribution in [0.4, 0.5) is 0 Å². The van der Waals surface area contributed by atoms with E-state index in [1.54, 1.807) is 17.7 Å². The molecule has 0 aromatic carbocycles. The van der Waals surface area contributed by atoms with E-state index in [0.717, 1.165) is 29.1 Å². The van der Waals surface area contributed by atoms with Gasteiger partial charge in [-0.2, -0.15) is 0 Å². The summed E-state index contributed by atoms with van der Waals surface area (Å²) in [5.41, 5.74) is 5.49. The Bertz CT molecular complexity index is 899. The smallest absolute Gasteiger partial charge is 0.126 e. The number of rotatable bonds is 5. The number of hydrogen-bond acceptors (Lipinski definition) is 5. The van der Waals surface area contributed by atoms with Crippen molar-refractivity contribution in [1.82, 2.24) is 15.0 Å². The average molecular weight is 358 g/mol. The molecule has 0 N–H and O–H groups in total. The van der Waals surface area contributed by atoms with E-state index in [0.29, 0.717) is 5.92 Å². The summed E-state index contributed by atoms with van der Waals surface area (Å²) in [5, 5.41) is 2.44. The molecule has 0 unspecified atom stereocenters. The Morgan fingerprint density at radius 2 is 2.04 bits per heavy atom. The first kappa shape index (κ1) is 16.3. The molecule has 24 heavy (non-hydrogen) atoms. The highest BCUT2D eigenvalue weighted by atomic mass is 32.2. The van der Waals surface area contributed by atoms with Crippen LogP contribution in [0.5, 0.6) is 0 Å². The molecule has 0 fully saturated rings. The quantitative estimate of drug-likeness (QED) is 0.451. The third kappa shape index (κ3) is 2.72. The van der Waals surface area contributed by atoms with Gasteiger partial charge in [0.1, 0.15) is 16.2 Å². The number of aromatic nitrogens is 3. The number of hydrogen-bond donors (Lipinski definition) is 0. The molecule has 3 heterocycles. The average Bonchev–Trinajstić information content (AvgIpc) is 3.16. The molecule has 5 heteroatoms. The minimum Gasteiger partial charge on any atom is -0.242 e. The molecule has 3 nitrogen and oxygen atoms in total. The van der Waals surface area contributed by atoms with Crippen molar-refractivity contribution in [2.45, 2.75) is 57.9 Å². The fraction of sp³-hybridized carbons (Fsp3) is 0.526. The highest BCUT2D eigenvalue weighted by molar-refractivity contribution is 7.99. The van der Waals surface area contributed by atoms with E-state index in [1.165, 1.54) is 51.0 Å². The Hall–Kier alpha value is -1.20. The Morgan fingerprint density at radius 1 is 1.21 bits per heavy atom. The van der Waals surface area contributed by atoms with E-state index in [9.17, 15) is 0 Å².